The van der Waals surface area contributed by atoms with Crippen LogP contribution in [0.4, 0.5) is 10.1 Å². The molecule has 1 fully saturated rings. The van der Waals surface area contributed by atoms with E-state index in [0.717, 1.165) is 48.7 Å². The average molecular weight is 415 g/mol. The predicted octanol–water partition coefficient (Wildman–Crippen LogP) is -0.112. The van der Waals surface area contributed by atoms with Gasteiger partial charge in [-0.15, -0.1) is 0 Å². The highest BCUT2D eigenvalue weighted by Gasteiger charge is 2.25. The molecule has 0 radical (unpaired) electrons. The Morgan fingerprint density at radius 3 is 2.37 bits per heavy atom. The summed E-state index contributed by atoms with van der Waals surface area (Å²) >= 11 is 0. The summed E-state index contributed by atoms with van der Waals surface area (Å²) in [4.78, 5) is 33.4. The standard InChI is InChI=1S/C21H27FN6O2/c1-4-9-28-17(23-19-18(28)20(29)25(3)21(30)24(19)2)14-26-10-12-27(13-11-26)16-7-5-15(22)6-8-16/h5-8H,4,9-14H2,1-3H3/p+1. The van der Waals surface area contributed by atoms with E-state index in [-0.39, 0.29) is 17.1 Å². The van der Waals surface area contributed by atoms with Crippen molar-refractivity contribution in [2.75, 3.05) is 31.1 Å². The van der Waals surface area contributed by atoms with Gasteiger partial charge in [0.25, 0.3) is 5.56 Å². The van der Waals surface area contributed by atoms with Crippen molar-refractivity contribution in [1.82, 2.24) is 18.7 Å². The molecule has 8 nitrogen and oxygen atoms in total. The Balaban J connectivity index is 1.58. The molecule has 1 aliphatic rings. The van der Waals surface area contributed by atoms with Gasteiger partial charge in [-0.2, -0.15) is 0 Å². The molecule has 0 atom stereocenters. The fourth-order valence-corrected chi connectivity index (χ4v) is 4.22. The van der Waals surface area contributed by atoms with E-state index < -0.39 is 0 Å². The van der Waals surface area contributed by atoms with Gasteiger partial charge >= 0.3 is 5.69 Å². The van der Waals surface area contributed by atoms with E-state index in [0.29, 0.717) is 24.3 Å². The van der Waals surface area contributed by atoms with Gasteiger partial charge in [-0.3, -0.25) is 13.9 Å². The number of imidazole rings is 1. The first-order valence-corrected chi connectivity index (χ1v) is 10.4. The highest BCUT2D eigenvalue weighted by Crippen LogP contribution is 2.15. The number of nitrogens with one attached hydrogen (secondary N) is 1. The van der Waals surface area contributed by atoms with E-state index in [1.165, 1.54) is 28.6 Å². The highest BCUT2D eigenvalue weighted by molar-refractivity contribution is 5.71. The van der Waals surface area contributed by atoms with Crippen LogP contribution < -0.4 is 21.0 Å². The van der Waals surface area contributed by atoms with Crippen LogP contribution in [0.15, 0.2) is 33.9 Å². The number of halogens is 1. The van der Waals surface area contributed by atoms with Crippen LogP contribution in [0.25, 0.3) is 11.2 Å². The molecule has 3 heterocycles. The molecule has 0 bridgehead atoms. The summed E-state index contributed by atoms with van der Waals surface area (Å²) in [5.41, 5.74) is 1.33. The minimum absolute atomic E-state index is 0.224. The number of quaternary nitrogens is 1. The molecule has 2 aromatic heterocycles. The van der Waals surface area contributed by atoms with Gasteiger partial charge in [-0.05, 0) is 30.7 Å². The number of hydrogen-bond donors (Lipinski definition) is 1. The lowest BCUT2D eigenvalue weighted by Gasteiger charge is -2.33. The zero-order valence-corrected chi connectivity index (χ0v) is 17.7. The highest BCUT2D eigenvalue weighted by atomic mass is 19.1. The van der Waals surface area contributed by atoms with Crippen LogP contribution in [-0.4, -0.2) is 44.9 Å². The third-order valence-electron chi connectivity index (χ3n) is 5.94. The first kappa shape index (κ1) is 20.3. The molecular weight excluding hydrogens is 387 g/mol. The maximum Gasteiger partial charge on any atom is 0.332 e. The smallest absolute Gasteiger partial charge is 0.332 e. The molecular formula is C21H28FN6O2+. The first-order valence-electron chi connectivity index (χ1n) is 10.4. The van der Waals surface area contributed by atoms with Crippen LogP contribution in [0.5, 0.6) is 0 Å². The van der Waals surface area contributed by atoms with E-state index in [4.69, 9.17) is 4.98 Å². The Morgan fingerprint density at radius 1 is 1.07 bits per heavy atom. The first-order chi connectivity index (χ1) is 14.4. The summed E-state index contributed by atoms with van der Waals surface area (Å²) in [6.45, 7) is 7.03. The van der Waals surface area contributed by atoms with Crippen molar-refractivity contribution < 1.29 is 9.29 Å². The third kappa shape index (κ3) is 3.54. The molecule has 9 heteroatoms. The van der Waals surface area contributed by atoms with E-state index in [2.05, 4.69) is 11.8 Å². The normalized spacial score (nSPS) is 15.3. The van der Waals surface area contributed by atoms with Gasteiger partial charge in [-0.25, -0.2) is 14.2 Å². The van der Waals surface area contributed by atoms with E-state index in [1.807, 2.05) is 16.7 Å². The number of fused-ring (bicyclic) bond motifs is 1. The fraction of sp³-hybridized carbons (Fsp3) is 0.476. The van der Waals surface area contributed by atoms with Gasteiger partial charge in [0.1, 0.15) is 12.4 Å². The number of benzene rings is 1. The second-order valence-electron chi connectivity index (χ2n) is 7.95. The maximum absolute atomic E-state index is 13.2. The average Bonchev–Trinajstić information content (AvgIpc) is 3.10. The van der Waals surface area contributed by atoms with Crippen molar-refractivity contribution in [3.8, 4) is 0 Å². The predicted molar refractivity (Wildman–Crippen MR) is 114 cm³/mol. The Hall–Kier alpha value is -2.94. The maximum atomic E-state index is 13.2. The van der Waals surface area contributed by atoms with Crippen LogP contribution in [-0.2, 0) is 27.2 Å². The van der Waals surface area contributed by atoms with Crippen LogP contribution in [0.1, 0.15) is 19.2 Å². The summed E-state index contributed by atoms with van der Waals surface area (Å²) < 4.78 is 17.8. The molecule has 3 aromatic rings. The Kier molecular flexibility index (Phi) is 5.46. The summed E-state index contributed by atoms with van der Waals surface area (Å²) in [6, 6.07) is 6.62. The molecule has 160 valence electrons. The van der Waals surface area contributed by atoms with Crippen LogP contribution >= 0.6 is 0 Å². The Morgan fingerprint density at radius 2 is 1.73 bits per heavy atom. The molecule has 0 saturated carbocycles. The van der Waals surface area contributed by atoms with Crippen molar-refractivity contribution in [3.63, 3.8) is 0 Å². The monoisotopic (exact) mass is 415 g/mol. The quantitative estimate of drug-likeness (QED) is 0.631. The van der Waals surface area contributed by atoms with Gasteiger partial charge < -0.3 is 14.4 Å². The summed E-state index contributed by atoms with van der Waals surface area (Å²) in [5, 5.41) is 0. The van der Waals surface area contributed by atoms with Crippen molar-refractivity contribution in [2.45, 2.75) is 26.4 Å². The lowest BCUT2D eigenvalue weighted by atomic mass is 10.2. The van der Waals surface area contributed by atoms with Gasteiger partial charge in [-0.1, -0.05) is 6.92 Å². The number of rotatable bonds is 5. The zero-order chi connectivity index (χ0) is 21.4. The second-order valence-corrected chi connectivity index (χ2v) is 7.95. The number of piperazine rings is 1. The third-order valence-corrected chi connectivity index (χ3v) is 5.94. The minimum Gasteiger partial charge on any atom is -0.360 e. The number of nitrogens with zero attached hydrogens (tertiary/aromatic N) is 5. The molecule has 0 amide bonds. The zero-order valence-electron chi connectivity index (χ0n) is 17.7. The number of aromatic nitrogens is 4. The second kappa shape index (κ2) is 8.06. The molecule has 1 aliphatic heterocycles. The van der Waals surface area contributed by atoms with Gasteiger partial charge in [0.2, 0.25) is 0 Å². The van der Waals surface area contributed by atoms with Crippen LogP contribution in [0, 0.1) is 5.82 Å². The molecule has 30 heavy (non-hydrogen) atoms. The van der Waals surface area contributed by atoms with Crippen molar-refractivity contribution in [1.29, 1.82) is 0 Å². The van der Waals surface area contributed by atoms with Crippen molar-refractivity contribution in [3.05, 3.63) is 56.7 Å². The summed E-state index contributed by atoms with van der Waals surface area (Å²) in [7, 11) is 3.17. The van der Waals surface area contributed by atoms with E-state index in [9.17, 15) is 14.0 Å². The molecule has 0 unspecified atom stereocenters. The molecule has 0 spiro atoms. The van der Waals surface area contributed by atoms with Gasteiger partial charge in [0, 0.05) is 26.3 Å². The largest absolute Gasteiger partial charge is 0.360 e. The summed E-state index contributed by atoms with van der Waals surface area (Å²) in [6.07, 6.45) is 0.873. The van der Waals surface area contributed by atoms with Gasteiger partial charge in [0.15, 0.2) is 17.0 Å². The number of anilines is 1. The van der Waals surface area contributed by atoms with Gasteiger partial charge in [0.05, 0.1) is 26.2 Å². The minimum atomic E-state index is -0.361. The Labute approximate surface area is 173 Å². The topological polar surface area (TPSA) is 69.5 Å². The molecule has 1 saturated heterocycles. The van der Waals surface area contributed by atoms with E-state index in [1.54, 1.807) is 7.05 Å². The Bertz CT molecular complexity index is 1170. The van der Waals surface area contributed by atoms with Crippen molar-refractivity contribution >= 4 is 16.9 Å². The van der Waals surface area contributed by atoms with E-state index >= 15 is 0 Å². The lowest BCUT2D eigenvalue weighted by molar-refractivity contribution is -0.915. The lowest BCUT2D eigenvalue weighted by Crippen LogP contribution is -3.13. The fourth-order valence-electron chi connectivity index (χ4n) is 4.22. The number of hydrogen-bond acceptors (Lipinski definition) is 4. The SMILES string of the molecule is CCCn1c(C[NH+]2CCN(c3ccc(F)cc3)CC2)nc2c1c(=O)n(C)c(=O)n2C. The molecule has 4 rings (SSSR count). The molecule has 1 aromatic carbocycles. The van der Waals surface area contributed by atoms with Crippen molar-refractivity contribution in [2.24, 2.45) is 14.1 Å². The summed E-state index contributed by atoms with van der Waals surface area (Å²) in [5.74, 6) is 0.619. The van der Waals surface area contributed by atoms with Crippen LogP contribution in [0.2, 0.25) is 0 Å². The molecule has 1 N–H and O–H groups in total. The number of aryl methyl sites for hydroxylation is 2. The molecule has 0 aliphatic carbocycles. The van der Waals surface area contributed by atoms with Crippen LogP contribution in [0.3, 0.4) is 0 Å².